The van der Waals surface area contributed by atoms with Gasteiger partial charge in [0.25, 0.3) is 10.0 Å². The number of aldehydes is 1. The first-order chi connectivity index (χ1) is 10.1. The van der Waals surface area contributed by atoms with Gasteiger partial charge in [-0.3, -0.25) is 4.31 Å². The number of fused-ring (bicyclic) bond motifs is 1. The van der Waals surface area contributed by atoms with Crippen LogP contribution in [0, 0.1) is 0 Å². The Labute approximate surface area is 124 Å². The van der Waals surface area contributed by atoms with E-state index < -0.39 is 10.0 Å². The first-order valence-electron chi connectivity index (χ1n) is 6.76. The van der Waals surface area contributed by atoms with Crippen molar-refractivity contribution in [1.29, 1.82) is 0 Å². The molecule has 1 aliphatic heterocycles. The minimum Gasteiger partial charge on any atom is -0.303 e. The number of hydrogen-bond acceptors (Lipinski definition) is 3. The van der Waals surface area contributed by atoms with Gasteiger partial charge in [-0.05, 0) is 35.7 Å². The highest BCUT2D eigenvalue weighted by Gasteiger charge is 2.30. The summed E-state index contributed by atoms with van der Waals surface area (Å²) < 4.78 is 26.8. The number of sulfonamides is 1. The maximum Gasteiger partial charge on any atom is 0.264 e. The molecule has 1 aliphatic rings. The molecule has 0 saturated carbocycles. The van der Waals surface area contributed by atoms with Crippen LogP contribution in [0.2, 0.25) is 0 Å². The van der Waals surface area contributed by atoms with E-state index in [4.69, 9.17) is 0 Å². The van der Waals surface area contributed by atoms with Crippen molar-refractivity contribution in [3.05, 3.63) is 59.7 Å². The summed E-state index contributed by atoms with van der Waals surface area (Å²) in [6.07, 6.45) is 1.89. The molecular weight excluding hydrogens is 286 g/mol. The van der Waals surface area contributed by atoms with Gasteiger partial charge in [-0.1, -0.05) is 30.3 Å². The second kappa shape index (κ2) is 5.33. The Balaban J connectivity index is 2.00. The number of carbonyl (C=O) groups is 1. The smallest absolute Gasteiger partial charge is 0.264 e. The number of anilines is 1. The van der Waals surface area contributed by atoms with E-state index in [1.807, 2.05) is 12.1 Å². The molecular formula is C16H15NO3S. The fraction of sp³-hybridized carbons (Fsp3) is 0.188. The summed E-state index contributed by atoms with van der Waals surface area (Å²) >= 11 is 0. The Morgan fingerprint density at radius 1 is 1.10 bits per heavy atom. The number of nitrogens with zero attached hydrogens (tertiary/aromatic N) is 1. The predicted octanol–water partition coefficient (Wildman–Crippen LogP) is 2.18. The summed E-state index contributed by atoms with van der Waals surface area (Å²) in [5.74, 6) is 0. The highest BCUT2D eigenvalue weighted by atomic mass is 32.2. The molecule has 0 spiro atoms. The van der Waals surface area contributed by atoms with Crippen molar-refractivity contribution in [3.63, 3.8) is 0 Å². The largest absolute Gasteiger partial charge is 0.303 e. The molecule has 3 rings (SSSR count). The maximum atomic E-state index is 12.7. The molecule has 0 aromatic heterocycles. The third kappa shape index (κ3) is 2.45. The lowest BCUT2D eigenvalue weighted by Crippen LogP contribution is -2.29. The van der Waals surface area contributed by atoms with Crippen molar-refractivity contribution in [2.75, 3.05) is 10.8 Å². The van der Waals surface area contributed by atoms with Crippen molar-refractivity contribution >= 4 is 22.0 Å². The van der Waals surface area contributed by atoms with E-state index >= 15 is 0 Å². The van der Waals surface area contributed by atoms with Crippen LogP contribution >= 0.6 is 0 Å². The van der Waals surface area contributed by atoms with Crippen molar-refractivity contribution < 1.29 is 13.2 Å². The van der Waals surface area contributed by atoms with Crippen LogP contribution in [0.5, 0.6) is 0 Å². The highest BCUT2D eigenvalue weighted by Crippen LogP contribution is 2.33. The van der Waals surface area contributed by atoms with Crippen molar-refractivity contribution in [1.82, 2.24) is 0 Å². The fourth-order valence-electron chi connectivity index (χ4n) is 2.62. The van der Waals surface area contributed by atoms with Crippen LogP contribution in [0.15, 0.2) is 53.4 Å². The Morgan fingerprint density at radius 2 is 1.86 bits per heavy atom. The van der Waals surface area contributed by atoms with Gasteiger partial charge in [0, 0.05) is 13.0 Å². The predicted molar refractivity (Wildman–Crippen MR) is 80.9 cm³/mol. The van der Waals surface area contributed by atoms with Gasteiger partial charge in [0.15, 0.2) is 0 Å². The van der Waals surface area contributed by atoms with Crippen LogP contribution in [-0.4, -0.2) is 21.2 Å². The van der Waals surface area contributed by atoms with Gasteiger partial charge in [-0.2, -0.15) is 0 Å². The molecule has 0 amide bonds. The molecule has 108 valence electrons. The lowest BCUT2D eigenvalue weighted by molar-refractivity contribution is -0.107. The SMILES string of the molecule is O=CCc1ccc2c(c1)CCN2S(=O)(=O)c1ccccc1. The van der Waals surface area contributed by atoms with Crippen LogP contribution in [0.3, 0.4) is 0 Å². The van der Waals surface area contributed by atoms with Crippen LogP contribution in [-0.2, 0) is 27.7 Å². The number of hydrogen-bond donors (Lipinski definition) is 0. The minimum absolute atomic E-state index is 0.301. The van der Waals surface area contributed by atoms with E-state index in [1.54, 1.807) is 36.4 Å². The Morgan fingerprint density at radius 3 is 2.57 bits per heavy atom. The number of carbonyl (C=O) groups excluding carboxylic acids is 1. The first-order valence-corrected chi connectivity index (χ1v) is 8.20. The summed E-state index contributed by atoms with van der Waals surface area (Å²) in [6, 6.07) is 14.0. The number of benzene rings is 2. The lowest BCUT2D eigenvalue weighted by Gasteiger charge is -2.19. The Hall–Kier alpha value is -2.14. The standard InChI is InChI=1S/C16H15NO3S/c18-11-9-13-6-7-16-14(12-13)8-10-17(16)21(19,20)15-4-2-1-3-5-15/h1-7,11-12H,8-10H2. The van der Waals surface area contributed by atoms with Crippen molar-refractivity contribution in [2.24, 2.45) is 0 Å². The van der Waals surface area contributed by atoms with E-state index in [0.29, 0.717) is 30.0 Å². The quantitative estimate of drug-likeness (QED) is 0.813. The van der Waals surface area contributed by atoms with Gasteiger partial charge in [0.1, 0.15) is 6.29 Å². The summed E-state index contributed by atoms with van der Waals surface area (Å²) in [5.41, 5.74) is 2.62. The molecule has 0 saturated heterocycles. The summed E-state index contributed by atoms with van der Waals surface area (Å²) in [5, 5.41) is 0. The second-order valence-electron chi connectivity index (χ2n) is 4.97. The third-order valence-corrected chi connectivity index (χ3v) is 5.47. The zero-order valence-corrected chi connectivity index (χ0v) is 12.2. The van der Waals surface area contributed by atoms with Crippen LogP contribution in [0.25, 0.3) is 0 Å². The molecule has 2 aromatic carbocycles. The average Bonchev–Trinajstić information content (AvgIpc) is 2.92. The molecule has 1 heterocycles. The Bertz CT molecular complexity index is 769. The van der Waals surface area contributed by atoms with Crippen LogP contribution < -0.4 is 4.31 Å². The molecule has 21 heavy (non-hydrogen) atoms. The topological polar surface area (TPSA) is 54.5 Å². The normalized spacial score (nSPS) is 14.0. The lowest BCUT2D eigenvalue weighted by atomic mass is 10.1. The Kier molecular flexibility index (Phi) is 3.51. The summed E-state index contributed by atoms with van der Waals surface area (Å²) in [7, 11) is -3.51. The zero-order chi connectivity index (χ0) is 14.9. The second-order valence-corrected chi connectivity index (χ2v) is 6.84. The molecule has 2 aromatic rings. The molecule has 0 atom stereocenters. The third-order valence-electron chi connectivity index (χ3n) is 3.65. The molecule has 0 unspecified atom stereocenters. The van der Waals surface area contributed by atoms with Crippen molar-refractivity contribution in [2.45, 2.75) is 17.7 Å². The molecule has 0 N–H and O–H groups in total. The average molecular weight is 301 g/mol. The van der Waals surface area contributed by atoms with E-state index in [-0.39, 0.29) is 0 Å². The molecule has 5 heteroatoms. The summed E-state index contributed by atoms with van der Waals surface area (Å²) in [4.78, 5) is 10.9. The van der Waals surface area contributed by atoms with Crippen LogP contribution in [0.4, 0.5) is 5.69 Å². The van der Waals surface area contributed by atoms with Gasteiger partial charge in [0.05, 0.1) is 10.6 Å². The molecule has 0 bridgehead atoms. The van der Waals surface area contributed by atoms with E-state index in [1.165, 1.54) is 4.31 Å². The monoisotopic (exact) mass is 301 g/mol. The van der Waals surface area contributed by atoms with E-state index in [0.717, 1.165) is 17.4 Å². The minimum atomic E-state index is -3.51. The molecule has 0 aliphatic carbocycles. The van der Waals surface area contributed by atoms with Crippen molar-refractivity contribution in [3.8, 4) is 0 Å². The van der Waals surface area contributed by atoms with Gasteiger partial charge >= 0.3 is 0 Å². The molecule has 0 radical (unpaired) electrons. The molecule has 0 fully saturated rings. The van der Waals surface area contributed by atoms with Gasteiger partial charge in [0.2, 0.25) is 0 Å². The van der Waals surface area contributed by atoms with Crippen LogP contribution in [0.1, 0.15) is 11.1 Å². The molecule has 4 nitrogen and oxygen atoms in total. The van der Waals surface area contributed by atoms with Gasteiger partial charge in [-0.15, -0.1) is 0 Å². The zero-order valence-electron chi connectivity index (χ0n) is 11.4. The van der Waals surface area contributed by atoms with E-state index in [2.05, 4.69) is 0 Å². The summed E-state index contributed by atoms with van der Waals surface area (Å²) in [6.45, 7) is 0.442. The van der Waals surface area contributed by atoms with Gasteiger partial charge < -0.3 is 4.79 Å². The highest BCUT2D eigenvalue weighted by molar-refractivity contribution is 7.92. The first kappa shape index (κ1) is 13.8. The van der Waals surface area contributed by atoms with E-state index in [9.17, 15) is 13.2 Å². The van der Waals surface area contributed by atoms with Gasteiger partial charge in [-0.25, -0.2) is 8.42 Å². The fourth-order valence-corrected chi connectivity index (χ4v) is 4.14. The maximum absolute atomic E-state index is 12.7. The number of rotatable bonds is 4.